The Morgan fingerprint density at radius 3 is 2.71 bits per heavy atom. The van der Waals surface area contributed by atoms with Crippen LogP contribution in [0.5, 0.6) is 0 Å². The molecule has 1 aromatic heterocycles. The van der Waals surface area contributed by atoms with Gasteiger partial charge in [0, 0.05) is 19.6 Å². The molecule has 1 amide bonds. The zero-order chi connectivity index (χ0) is 19.4. The number of hydrogen-bond donors (Lipinski definition) is 3. The van der Waals surface area contributed by atoms with Crippen LogP contribution in [0.15, 0.2) is 4.90 Å². The molecule has 10 heteroatoms. The number of H-pyrrole nitrogens is 1. The highest BCUT2D eigenvalue weighted by Crippen LogP contribution is 2.27. The summed E-state index contributed by atoms with van der Waals surface area (Å²) in [5, 5.41) is 13.1. The van der Waals surface area contributed by atoms with E-state index >= 15 is 0 Å². The predicted octanol–water partition coefficient (Wildman–Crippen LogP) is 1.35. The normalized spacial score (nSPS) is 23.8. The Bertz CT molecular complexity index is 742. The Labute approximate surface area is 173 Å². The van der Waals surface area contributed by atoms with Crippen molar-refractivity contribution in [3.05, 3.63) is 11.4 Å². The lowest BCUT2D eigenvalue weighted by atomic mass is 9.95. The molecular formula is C18H32ClN5O3S. The van der Waals surface area contributed by atoms with Crippen molar-refractivity contribution in [2.45, 2.75) is 50.8 Å². The van der Waals surface area contributed by atoms with E-state index < -0.39 is 10.0 Å². The second-order valence-electron chi connectivity index (χ2n) is 7.76. The molecule has 1 aromatic rings. The number of carbonyl (C=O) groups excluding carboxylic acids is 1. The zero-order valence-electron chi connectivity index (χ0n) is 16.7. The molecule has 0 saturated carbocycles. The average molecular weight is 434 g/mol. The summed E-state index contributed by atoms with van der Waals surface area (Å²) in [6, 6.07) is 0. The molecule has 0 aromatic carbocycles. The number of sulfonamides is 1. The summed E-state index contributed by atoms with van der Waals surface area (Å²) in [4.78, 5) is 12.8. The van der Waals surface area contributed by atoms with Gasteiger partial charge >= 0.3 is 0 Å². The zero-order valence-corrected chi connectivity index (χ0v) is 18.3. The molecule has 8 nitrogen and oxygen atoms in total. The average Bonchev–Trinajstić information content (AvgIpc) is 3.01. The molecule has 2 unspecified atom stereocenters. The van der Waals surface area contributed by atoms with Crippen LogP contribution in [-0.2, 0) is 14.8 Å². The molecule has 2 atom stereocenters. The van der Waals surface area contributed by atoms with Gasteiger partial charge < -0.3 is 10.6 Å². The van der Waals surface area contributed by atoms with Crippen molar-refractivity contribution in [3.8, 4) is 0 Å². The summed E-state index contributed by atoms with van der Waals surface area (Å²) in [5.41, 5.74) is 1.01. The molecule has 3 heterocycles. The van der Waals surface area contributed by atoms with Crippen molar-refractivity contribution >= 4 is 28.3 Å². The maximum absolute atomic E-state index is 13.0. The number of aryl methyl sites for hydroxylation is 2. The van der Waals surface area contributed by atoms with Crippen LogP contribution in [0, 0.1) is 25.7 Å². The molecule has 28 heavy (non-hydrogen) atoms. The van der Waals surface area contributed by atoms with E-state index in [0.717, 1.165) is 25.9 Å². The minimum absolute atomic E-state index is 0. The Kier molecular flexibility index (Phi) is 8.30. The lowest BCUT2D eigenvalue weighted by Crippen LogP contribution is -2.46. The molecule has 2 fully saturated rings. The van der Waals surface area contributed by atoms with Gasteiger partial charge in [0.15, 0.2) is 0 Å². The van der Waals surface area contributed by atoms with Gasteiger partial charge in [-0.15, -0.1) is 12.4 Å². The Hall–Kier alpha value is -1.16. The van der Waals surface area contributed by atoms with Crippen LogP contribution >= 0.6 is 12.4 Å². The van der Waals surface area contributed by atoms with Crippen LogP contribution in [-0.4, -0.2) is 61.6 Å². The lowest BCUT2D eigenvalue weighted by molar-refractivity contribution is -0.126. The molecule has 0 radical (unpaired) electrons. The number of piperidine rings is 2. The maximum atomic E-state index is 13.0. The van der Waals surface area contributed by atoms with Crippen molar-refractivity contribution in [3.63, 3.8) is 0 Å². The van der Waals surface area contributed by atoms with E-state index in [0.29, 0.717) is 36.8 Å². The quantitative estimate of drug-likeness (QED) is 0.627. The highest BCUT2D eigenvalue weighted by atomic mass is 35.5. The molecule has 2 saturated heterocycles. The summed E-state index contributed by atoms with van der Waals surface area (Å²) in [6.45, 7) is 6.85. The number of aromatic amines is 1. The second-order valence-corrected chi connectivity index (χ2v) is 9.63. The first-order valence-corrected chi connectivity index (χ1v) is 11.3. The van der Waals surface area contributed by atoms with Gasteiger partial charge in [0.25, 0.3) is 0 Å². The number of amides is 1. The first kappa shape index (κ1) is 23.1. The standard InChI is InChI=1S/C18H31N5O3S.ClH/c1-13-17(14(2)22-21-13)27(25,26)23-10-4-6-16(12-23)18(24)20-9-7-15-5-3-8-19-11-15;/h15-16,19H,3-12H2,1-2H3,(H,20,24)(H,21,22);1H. The highest BCUT2D eigenvalue weighted by Gasteiger charge is 2.35. The van der Waals surface area contributed by atoms with Crippen molar-refractivity contribution < 1.29 is 13.2 Å². The van der Waals surface area contributed by atoms with Crippen LogP contribution in [0.25, 0.3) is 0 Å². The van der Waals surface area contributed by atoms with Gasteiger partial charge in [-0.05, 0) is 65.0 Å². The van der Waals surface area contributed by atoms with E-state index in [1.807, 2.05) is 0 Å². The van der Waals surface area contributed by atoms with Crippen LogP contribution < -0.4 is 10.6 Å². The Balaban J connectivity index is 0.00000280. The largest absolute Gasteiger partial charge is 0.356 e. The number of nitrogens with one attached hydrogen (secondary N) is 3. The molecule has 0 bridgehead atoms. The second kappa shape index (κ2) is 10.0. The number of halogens is 1. The summed E-state index contributed by atoms with van der Waals surface area (Å²) in [5.74, 6) is 0.305. The monoisotopic (exact) mass is 433 g/mol. The molecule has 160 valence electrons. The number of rotatable bonds is 6. The number of carbonyl (C=O) groups is 1. The fourth-order valence-corrected chi connectivity index (χ4v) is 5.99. The lowest BCUT2D eigenvalue weighted by Gasteiger charge is -2.31. The van der Waals surface area contributed by atoms with Crippen LogP contribution in [0.3, 0.4) is 0 Å². The SMILES string of the molecule is Cc1n[nH]c(C)c1S(=O)(=O)N1CCCC(C(=O)NCCC2CCCNC2)C1.Cl. The molecular weight excluding hydrogens is 402 g/mol. The van der Waals surface area contributed by atoms with Gasteiger partial charge in [0.05, 0.1) is 17.3 Å². The summed E-state index contributed by atoms with van der Waals surface area (Å²) < 4.78 is 27.5. The summed E-state index contributed by atoms with van der Waals surface area (Å²) in [7, 11) is -3.63. The van der Waals surface area contributed by atoms with E-state index in [1.165, 1.54) is 17.1 Å². The molecule has 0 spiro atoms. The Morgan fingerprint density at radius 1 is 1.29 bits per heavy atom. The van der Waals surface area contributed by atoms with Gasteiger partial charge in [-0.1, -0.05) is 0 Å². The fraction of sp³-hybridized carbons (Fsp3) is 0.778. The van der Waals surface area contributed by atoms with Crippen molar-refractivity contribution in [1.82, 2.24) is 25.1 Å². The number of aromatic nitrogens is 2. The Morgan fingerprint density at radius 2 is 2.07 bits per heavy atom. The predicted molar refractivity (Wildman–Crippen MR) is 110 cm³/mol. The van der Waals surface area contributed by atoms with Crippen LogP contribution in [0.1, 0.15) is 43.5 Å². The van der Waals surface area contributed by atoms with Gasteiger partial charge in [0.1, 0.15) is 4.90 Å². The van der Waals surface area contributed by atoms with Crippen molar-refractivity contribution in [1.29, 1.82) is 0 Å². The fourth-order valence-electron chi connectivity index (χ4n) is 4.14. The molecule has 3 N–H and O–H groups in total. The first-order valence-electron chi connectivity index (χ1n) is 9.89. The third-order valence-corrected chi connectivity index (χ3v) is 7.79. The van der Waals surface area contributed by atoms with Gasteiger partial charge in [-0.25, -0.2) is 8.42 Å². The smallest absolute Gasteiger partial charge is 0.246 e. The van der Waals surface area contributed by atoms with E-state index in [1.54, 1.807) is 13.8 Å². The summed E-state index contributed by atoms with van der Waals surface area (Å²) >= 11 is 0. The van der Waals surface area contributed by atoms with Gasteiger partial charge in [-0.3, -0.25) is 9.89 Å². The third kappa shape index (κ3) is 5.25. The van der Waals surface area contributed by atoms with E-state index in [-0.39, 0.29) is 35.7 Å². The molecule has 0 aliphatic carbocycles. The van der Waals surface area contributed by atoms with Crippen LogP contribution in [0.2, 0.25) is 0 Å². The van der Waals surface area contributed by atoms with E-state index in [4.69, 9.17) is 0 Å². The highest BCUT2D eigenvalue weighted by molar-refractivity contribution is 7.89. The van der Waals surface area contributed by atoms with Crippen molar-refractivity contribution in [2.24, 2.45) is 11.8 Å². The van der Waals surface area contributed by atoms with Crippen molar-refractivity contribution in [2.75, 3.05) is 32.7 Å². The first-order chi connectivity index (χ1) is 12.9. The van der Waals surface area contributed by atoms with E-state index in [9.17, 15) is 13.2 Å². The minimum Gasteiger partial charge on any atom is -0.356 e. The van der Waals surface area contributed by atoms with E-state index in [2.05, 4.69) is 20.8 Å². The maximum Gasteiger partial charge on any atom is 0.246 e. The minimum atomic E-state index is -3.63. The molecule has 2 aliphatic heterocycles. The topological polar surface area (TPSA) is 107 Å². The summed E-state index contributed by atoms with van der Waals surface area (Å²) in [6.07, 6.45) is 4.80. The number of nitrogens with zero attached hydrogens (tertiary/aromatic N) is 2. The van der Waals surface area contributed by atoms with Crippen LogP contribution in [0.4, 0.5) is 0 Å². The molecule has 2 aliphatic rings. The van der Waals surface area contributed by atoms with Gasteiger partial charge in [0.2, 0.25) is 15.9 Å². The number of hydrogen-bond acceptors (Lipinski definition) is 5. The molecule has 3 rings (SSSR count). The van der Waals surface area contributed by atoms with Gasteiger partial charge in [-0.2, -0.15) is 9.40 Å². The third-order valence-electron chi connectivity index (χ3n) is 5.66.